The van der Waals surface area contributed by atoms with Crippen molar-refractivity contribution < 1.29 is 22.5 Å². The van der Waals surface area contributed by atoms with E-state index < -0.39 is 26.8 Å². The number of carboxylic acid groups (broad SMARTS) is 1. The molecule has 9 heteroatoms. The van der Waals surface area contributed by atoms with Gasteiger partial charge in [-0.3, -0.25) is 4.21 Å². The maximum Gasteiger partial charge on any atom is 0.346 e. The van der Waals surface area contributed by atoms with E-state index in [1.807, 2.05) is 0 Å². The summed E-state index contributed by atoms with van der Waals surface area (Å²) in [4.78, 5) is 10.8. The summed E-state index contributed by atoms with van der Waals surface area (Å²) < 4.78 is 36.7. The fourth-order valence-corrected chi connectivity index (χ4v) is 4.16. The molecule has 0 fully saturated rings. The number of thiophene rings is 1. The van der Waals surface area contributed by atoms with Crippen molar-refractivity contribution in [2.45, 2.75) is 11.1 Å². The Morgan fingerprint density at radius 3 is 2.61 bits per heavy atom. The van der Waals surface area contributed by atoms with Crippen molar-refractivity contribution in [2.75, 3.05) is 18.6 Å². The Hall–Kier alpha value is -0.770. The van der Waals surface area contributed by atoms with Crippen molar-refractivity contribution in [2.24, 2.45) is 0 Å². The molecule has 2 N–H and O–H groups in total. The third-order valence-corrected chi connectivity index (χ3v) is 5.97. The molecule has 0 spiro atoms. The Kier molecular flexibility index (Phi) is 5.02. The highest BCUT2D eigenvalue weighted by Crippen LogP contribution is 2.25. The standard InChI is InChI=1S/C9H13NO5S3/c1-6-5-7(16-8(6)9(11)12)18(14,15)10-3-4-17(2)13/h5,10H,3-4H2,1-2H3,(H,11,12). The van der Waals surface area contributed by atoms with Gasteiger partial charge in [-0.15, -0.1) is 11.3 Å². The number of sulfonamides is 1. The Morgan fingerprint density at radius 2 is 2.17 bits per heavy atom. The van der Waals surface area contributed by atoms with Gasteiger partial charge in [0.1, 0.15) is 9.09 Å². The topological polar surface area (TPSA) is 101 Å². The van der Waals surface area contributed by atoms with Crippen molar-refractivity contribution in [3.8, 4) is 0 Å². The van der Waals surface area contributed by atoms with Gasteiger partial charge >= 0.3 is 5.97 Å². The lowest BCUT2D eigenvalue weighted by atomic mass is 10.3. The van der Waals surface area contributed by atoms with E-state index in [4.69, 9.17) is 5.11 Å². The van der Waals surface area contributed by atoms with E-state index in [0.717, 1.165) is 0 Å². The minimum absolute atomic E-state index is 0.00874. The third kappa shape index (κ3) is 3.87. The van der Waals surface area contributed by atoms with Crippen molar-refractivity contribution in [3.05, 3.63) is 16.5 Å². The van der Waals surface area contributed by atoms with E-state index >= 15 is 0 Å². The van der Waals surface area contributed by atoms with E-state index in [1.165, 1.54) is 12.3 Å². The average Bonchev–Trinajstić information content (AvgIpc) is 2.60. The highest BCUT2D eigenvalue weighted by Gasteiger charge is 2.21. The molecule has 0 saturated carbocycles. The lowest BCUT2D eigenvalue weighted by Crippen LogP contribution is -2.27. The molecule has 0 aliphatic carbocycles. The predicted molar refractivity (Wildman–Crippen MR) is 70.1 cm³/mol. The highest BCUT2D eigenvalue weighted by molar-refractivity contribution is 7.91. The first-order valence-corrected chi connectivity index (χ1v) is 8.90. The zero-order chi connectivity index (χ0) is 13.9. The summed E-state index contributed by atoms with van der Waals surface area (Å²) in [6, 6.07) is 1.32. The minimum atomic E-state index is -3.72. The zero-order valence-corrected chi connectivity index (χ0v) is 12.2. The minimum Gasteiger partial charge on any atom is -0.477 e. The molecule has 6 nitrogen and oxygen atoms in total. The number of nitrogens with one attached hydrogen (secondary N) is 1. The molecule has 1 unspecified atom stereocenters. The molecule has 0 saturated heterocycles. The third-order valence-electron chi connectivity index (χ3n) is 2.04. The molecule has 0 bridgehead atoms. The lowest BCUT2D eigenvalue weighted by Gasteiger charge is -2.02. The Labute approximate surface area is 112 Å². The Balaban J connectivity index is 2.89. The fraction of sp³-hybridized carbons (Fsp3) is 0.444. The van der Waals surface area contributed by atoms with Crippen LogP contribution in [0.1, 0.15) is 15.2 Å². The van der Waals surface area contributed by atoms with Gasteiger partial charge < -0.3 is 5.11 Å². The monoisotopic (exact) mass is 311 g/mol. The van der Waals surface area contributed by atoms with E-state index in [1.54, 1.807) is 6.92 Å². The molecule has 0 aromatic carbocycles. The Bertz CT molecular complexity index is 575. The summed E-state index contributed by atoms with van der Waals surface area (Å²) in [6.07, 6.45) is 1.48. The molecule has 0 aliphatic heterocycles. The first-order chi connectivity index (χ1) is 8.24. The number of rotatable bonds is 6. The van der Waals surface area contributed by atoms with Crippen LogP contribution in [0.4, 0.5) is 0 Å². The van der Waals surface area contributed by atoms with Crippen LogP contribution in [-0.4, -0.2) is 42.3 Å². The number of aryl methyl sites for hydroxylation is 1. The van der Waals surface area contributed by atoms with Crippen LogP contribution in [0.3, 0.4) is 0 Å². The van der Waals surface area contributed by atoms with Crippen molar-refractivity contribution in [3.63, 3.8) is 0 Å². The molecule has 1 heterocycles. The van der Waals surface area contributed by atoms with Gasteiger partial charge in [0, 0.05) is 29.4 Å². The second kappa shape index (κ2) is 5.91. The number of carboxylic acids is 1. The van der Waals surface area contributed by atoms with E-state index in [0.29, 0.717) is 16.9 Å². The molecular formula is C9H13NO5S3. The molecule has 0 radical (unpaired) electrons. The normalized spacial score (nSPS) is 13.4. The van der Waals surface area contributed by atoms with Gasteiger partial charge in [-0.1, -0.05) is 0 Å². The van der Waals surface area contributed by atoms with Crippen molar-refractivity contribution >= 4 is 38.1 Å². The largest absolute Gasteiger partial charge is 0.477 e. The molecule has 102 valence electrons. The van der Waals surface area contributed by atoms with Gasteiger partial charge in [0.15, 0.2) is 0 Å². The van der Waals surface area contributed by atoms with E-state index in [9.17, 15) is 17.4 Å². The molecule has 18 heavy (non-hydrogen) atoms. The SMILES string of the molecule is Cc1cc(S(=O)(=O)NCCS(C)=O)sc1C(=O)O. The van der Waals surface area contributed by atoms with Crippen LogP contribution in [0.5, 0.6) is 0 Å². The number of carbonyl (C=O) groups is 1. The Morgan fingerprint density at radius 1 is 1.56 bits per heavy atom. The average molecular weight is 311 g/mol. The van der Waals surface area contributed by atoms with Crippen LogP contribution in [0.25, 0.3) is 0 Å². The summed E-state index contributed by atoms with van der Waals surface area (Å²) in [5, 5.41) is 8.85. The first kappa shape index (κ1) is 15.3. The van der Waals surface area contributed by atoms with Gasteiger partial charge in [0.05, 0.1) is 0 Å². The van der Waals surface area contributed by atoms with Crippen LogP contribution >= 0.6 is 11.3 Å². The summed E-state index contributed by atoms with van der Waals surface area (Å²) >= 11 is 0.708. The van der Waals surface area contributed by atoms with E-state index in [-0.39, 0.29) is 21.4 Å². The van der Waals surface area contributed by atoms with Crippen LogP contribution < -0.4 is 4.72 Å². The van der Waals surface area contributed by atoms with Gasteiger partial charge in [0.25, 0.3) is 0 Å². The summed E-state index contributed by atoms with van der Waals surface area (Å²) in [6.45, 7) is 1.60. The van der Waals surface area contributed by atoms with Crippen molar-refractivity contribution in [1.82, 2.24) is 4.72 Å². The number of hydrogen-bond donors (Lipinski definition) is 2. The fourth-order valence-electron chi connectivity index (χ4n) is 1.19. The number of aromatic carboxylic acids is 1. The maximum absolute atomic E-state index is 11.8. The smallest absolute Gasteiger partial charge is 0.346 e. The molecule has 0 aliphatic rings. The second-order valence-electron chi connectivity index (χ2n) is 3.56. The quantitative estimate of drug-likeness (QED) is 0.792. The highest BCUT2D eigenvalue weighted by atomic mass is 32.2. The summed E-state index contributed by atoms with van der Waals surface area (Å²) in [5.74, 6) is -0.927. The van der Waals surface area contributed by atoms with Crippen LogP contribution in [0, 0.1) is 6.92 Å². The first-order valence-electron chi connectivity index (χ1n) is 4.87. The van der Waals surface area contributed by atoms with E-state index in [2.05, 4.69) is 4.72 Å². The lowest BCUT2D eigenvalue weighted by molar-refractivity contribution is 0.0701. The van der Waals surface area contributed by atoms with Gasteiger partial charge in [0.2, 0.25) is 10.0 Å². The molecule has 0 amide bonds. The van der Waals surface area contributed by atoms with Crippen molar-refractivity contribution in [1.29, 1.82) is 0 Å². The molecular weight excluding hydrogens is 298 g/mol. The van der Waals surface area contributed by atoms with Gasteiger partial charge in [-0.25, -0.2) is 17.9 Å². The maximum atomic E-state index is 11.8. The van der Waals surface area contributed by atoms with Gasteiger partial charge in [-0.2, -0.15) is 0 Å². The van der Waals surface area contributed by atoms with Crippen LogP contribution in [-0.2, 0) is 20.8 Å². The molecule has 1 rings (SSSR count). The number of hydrogen-bond acceptors (Lipinski definition) is 5. The molecule has 1 atom stereocenters. The zero-order valence-electron chi connectivity index (χ0n) is 9.80. The van der Waals surface area contributed by atoms with Crippen LogP contribution in [0.15, 0.2) is 10.3 Å². The predicted octanol–water partition coefficient (Wildman–Crippen LogP) is 0.412. The molecule has 1 aromatic rings. The summed E-state index contributed by atoms with van der Waals surface area (Å²) in [7, 11) is -4.80. The van der Waals surface area contributed by atoms with Crippen LogP contribution in [0.2, 0.25) is 0 Å². The molecule has 1 aromatic heterocycles. The summed E-state index contributed by atoms with van der Waals surface area (Å²) in [5.41, 5.74) is 0.409. The van der Waals surface area contributed by atoms with Gasteiger partial charge in [-0.05, 0) is 18.6 Å². The second-order valence-corrected chi connectivity index (χ2v) is 8.16.